The van der Waals surface area contributed by atoms with E-state index in [0.29, 0.717) is 33.8 Å². The normalized spacial score (nSPS) is 11.0. The topological polar surface area (TPSA) is 94.5 Å². The molecule has 0 atom stereocenters. The number of carbonyl (C=O) groups excluding carboxylic acids is 1. The lowest BCUT2D eigenvalue weighted by Crippen LogP contribution is -2.16. The van der Waals surface area contributed by atoms with Gasteiger partial charge in [0.25, 0.3) is 0 Å². The van der Waals surface area contributed by atoms with Crippen molar-refractivity contribution in [3.05, 3.63) is 71.4 Å². The van der Waals surface area contributed by atoms with Crippen molar-refractivity contribution in [2.24, 2.45) is 0 Å². The average molecular weight is 423 g/mol. The van der Waals surface area contributed by atoms with Crippen LogP contribution in [0.3, 0.4) is 0 Å². The molecule has 7 nitrogen and oxygen atoms in total. The fraction of sp³-hybridized carbons (Fsp3) is 0.136. The monoisotopic (exact) mass is 423 g/mol. The number of hydrogen-bond donors (Lipinski definition) is 2. The summed E-state index contributed by atoms with van der Waals surface area (Å²) in [5.41, 5.74) is 7.91. The van der Waals surface area contributed by atoms with Gasteiger partial charge in [-0.3, -0.25) is 4.79 Å². The minimum Gasteiger partial charge on any atom is -0.497 e. The molecular weight excluding hydrogens is 404 g/mol. The largest absolute Gasteiger partial charge is 0.497 e. The zero-order valence-corrected chi connectivity index (χ0v) is 16.8. The number of aryl methyl sites for hydroxylation is 1. The van der Waals surface area contributed by atoms with E-state index in [1.807, 2.05) is 0 Å². The highest BCUT2D eigenvalue weighted by Gasteiger charge is 2.18. The maximum atomic E-state index is 14.8. The van der Waals surface area contributed by atoms with Crippen LogP contribution in [-0.4, -0.2) is 27.6 Å². The molecule has 0 aliphatic carbocycles. The number of rotatable bonds is 5. The van der Waals surface area contributed by atoms with Crippen LogP contribution in [0.15, 0.2) is 48.7 Å². The number of benzene rings is 2. The first-order valence-corrected chi connectivity index (χ1v) is 9.39. The molecule has 0 saturated heterocycles. The molecule has 158 valence electrons. The Morgan fingerprint density at radius 2 is 1.84 bits per heavy atom. The van der Waals surface area contributed by atoms with Gasteiger partial charge in [0.05, 0.1) is 13.5 Å². The van der Waals surface area contributed by atoms with E-state index in [1.54, 1.807) is 43.5 Å². The number of aromatic nitrogens is 3. The van der Waals surface area contributed by atoms with E-state index in [0.717, 1.165) is 0 Å². The van der Waals surface area contributed by atoms with Crippen LogP contribution in [0.4, 0.5) is 20.4 Å². The third-order valence-corrected chi connectivity index (χ3v) is 4.93. The highest BCUT2D eigenvalue weighted by molar-refractivity contribution is 5.92. The van der Waals surface area contributed by atoms with Crippen LogP contribution in [0.2, 0.25) is 0 Å². The van der Waals surface area contributed by atoms with Gasteiger partial charge in [0.15, 0.2) is 5.65 Å². The second-order valence-corrected chi connectivity index (χ2v) is 6.96. The summed E-state index contributed by atoms with van der Waals surface area (Å²) >= 11 is 0. The number of nitrogens with one attached hydrogen (secondary N) is 1. The molecule has 0 aliphatic rings. The molecule has 0 bridgehead atoms. The predicted octanol–water partition coefficient (Wildman–Crippen LogP) is 3.75. The Hall–Kier alpha value is -4.01. The number of halogens is 2. The quantitative estimate of drug-likeness (QED) is 0.510. The summed E-state index contributed by atoms with van der Waals surface area (Å²) in [5.74, 6) is -1.41. The molecule has 2 heterocycles. The van der Waals surface area contributed by atoms with E-state index in [9.17, 15) is 13.6 Å². The second-order valence-electron chi connectivity index (χ2n) is 6.96. The van der Waals surface area contributed by atoms with Crippen LogP contribution in [0, 0.1) is 18.6 Å². The van der Waals surface area contributed by atoms with Crippen LogP contribution in [0.1, 0.15) is 11.1 Å². The Kier molecular flexibility index (Phi) is 5.24. The SMILES string of the molecule is COc1ccc(NC(=O)Cc2c(F)cc(-c3ccn4nc(N)nc4c3C)cc2F)cc1. The number of fused-ring (bicyclic) bond motifs is 1. The van der Waals surface area contributed by atoms with Gasteiger partial charge in [-0.25, -0.2) is 13.3 Å². The highest BCUT2D eigenvalue weighted by atomic mass is 19.1. The van der Waals surface area contributed by atoms with Crippen molar-refractivity contribution >= 4 is 23.2 Å². The standard InChI is InChI=1S/C22H19F2N5O2/c1-12-16(7-8-29-21(12)27-22(25)28-29)13-9-18(23)17(19(24)10-13)11-20(30)26-14-3-5-15(31-2)6-4-14/h3-10H,11H2,1-2H3,(H2,25,28)(H,26,30). The van der Waals surface area contributed by atoms with Gasteiger partial charge in [0.1, 0.15) is 17.4 Å². The van der Waals surface area contributed by atoms with Gasteiger partial charge in [-0.2, -0.15) is 4.98 Å². The number of nitrogens with zero attached hydrogens (tertiary/aromatic N) is 3. The number of amides is 1. The number of carbonyl (C=O) groups is 1. The van der Waals surface area contributed by atoms with E-state index in [4.69, 9.17) is 10.5 Å². The van der Waals surface area contributed by atoms with E-state index < -0.39 is 24.0 Å². The second kappa shape index (κ2) is 8.02. The van der Waals surface area contributed by atoms with E-state index in [2.05, 4.69) is 15.4 Å². The average Bonchev–Trinajstić information content (AvgIpc) is 3.13. The van der Waals surface area contributed by atoms with Gasteiger partial charge in [0.2, 0.25) is 11.9 Å². The van der Waals surface area contributed by atoms with Crippen LogP contribution < -0.4 is 15.8 Å². The summed E-state index contributed by atoms with van der Waals surface area (Å²) < 4.78 is 36.1. The van der Waals surface area contributed by atoms with Crippen molar-refractivity contribution < 1.29 is 18.3 Å². The molecule has 9 heteroatoms. The Bertz CT molecular complexity index is 1260. The van der Waals surface area contributed by atoms with Crippen molar-refractivity contribution in [1.29, 1.82) is 0 Å². The zero-order chi connectivity index (χ0) is 22.1. The van der Waals surface area contributed by atoms with Gasteiger partial charge in [0, 0.05) is 23.0 Å². The molecule has 0 radical (unpaired) electrons. The minimum absolute atomic E-state index is 0.107. The van der Waals surface area contributed by atoms with Gasteiger partial charge < -0.3 is 15.8 Å². The van der Waals surface area contributed by atoms with Gasteiger partial charge in [-0.15, -0.1) is 5.10 Å². The Morgan fingerprint density at radius 1 is 1.16 bits per heavy atom. The Balaban J connectivity index is 1.58. The van der Waals surface area contributed by atoms with Gasteiger partial charge >= 0.3 is 0 Å². The smallest absolute Gasteiger partial charge is 0.240 e. The van der Waals surface area contributed by atoms with Crippen molar-refractivity contribution in [1.82, 2.24) is 14.6 Å². The molecule has 2 aromatic heterocycles. The summed E-state index contributed by atoms with van der Waals surface area (Å²) in [6.07, 6.45) is 1.18. The summed E-state index contributed by atoms with van der Waals surface area (Å²) in [5, 5.41) is 6.63. The Labute approximate surface area is 176 Å². The van der Waals surface area contributed by atoms with Crippen molar-refractivity contribution in [3.63, 3.8) is 0 Å². The van der Waals surface area contributed by atoms with Gasteiger partial charge in [-0.1, -0.05) is 0 Å². The first-order valence-electron chi connectivity index (χ1n) is 9.39. The lowest BCUT2D eigenvalue weighted by Gasteiger charge is -2.11. The molecule has 3 N–H and O–H groups in total. The lowest BCUT2D eigenvalue weighted by molar-refractivity contribution is -0.115. The first kappa shape index (κ1) is 20.3. The molecule has 1 amide bonds. The summed E-state index contributed by atoms with van der Waals surface area (Å²) in [4.78, 5) is 16.4. The fourth-order valence-electron chi connectivity index (χ4n) is 3.37. The lowest BCUT2D eigenvalue weighted by atomic mass is 9.99. The van der Waals surface area contributed by atoms with Crippen molar-refractivity contribution in [3.8, 4) is 16.9 Å². The molecule has 0 unspecified atom stereocenters. The third kappa shape index (κ3) is 4.02. The third-order valence-electron chi connectivity index (χ3n) is 4.93. The van der Waals surface area contributed by atoms with Crippen LogP contribution in [-0.2, 0) is 11.2 Å². The van der Waals surface area contributed by atoms with E-state index >= 15 is 0 Å². The van der Waals surface area contributed by atoms with E-state index in [1.165, 1.54) is 23.8 Å². The number of hydrogen-bond acceptors (Lipinski definition) is 5. The number of pyridine rings is 1. The number of anilines is 2. The first-order chi connectivity index (χ1) is 14.9. The number of ether oxygens (including phenoxy) is 1. The maximum absolute atomic E-state index is 14.8. The highest BCUT2D eigenvalue weighted by Crippen LogP contribution is 2.29. The molecule has 0 aliphatic heterocycles. The zero-order valence-electron chi connectivity index (χ0n) is 16.8. The number of methoxy groups -OCH3 is 1. The fourth-order valence-corrected chi connectivity index (χ4v) is 3.37. The molecule has 4 rings (SSSR count). The maximum Gasteiger partial charge on any atom is 0.240 e. The van der Waals surface area contributed by atoms with Crippen molar-refractivity contribution in [2.45, 2.75) is 13.3 Å². The van der Waals surface area contributed by atoms with Crippen LogP contribution in [0.25, 0.3) is 16.8 Å². The molecular formula is C22H19F2N5O2. The van der Waals surface area contributed by atoms with Crippen LogP contribution >= 0.6 is 0 Å². The summed E-state index contributed by atoms with van der Waals surface area (Å²) in [6, 6.07) is 10.7. The number of nitrogens with two attached hydrogens (primary N) is 1. The Morgan fingerprint density at radius 3 is 2.48 bits per heavy atom. The predicted molar refractivity (Wildman–Crippen MR) is 113 cm³/mol. The minimum atomic E-state index is -0.805. The molecule has 0 spiro atoms. The summed E-state index contributed by atoms with van der Waals surface area (Å²) in [6.45, 7) is 1.77. The number of nitrogen functional groups attached to an aromatic ring is 1. The van der Waals surface area contributed by atoms with Crippen LogP contribution in [0.5, 0.6) is 5.75 Å². The molecule has 0 fully saturated rings. The molecule has 4 aromatic rings. The molecule has 31 heavy (non-hydrogen) atoms. The van der Waals surface area contributed by atoms with Gasteiger partial charge in [-0.05, 0) is 60.5 Å². The molecule has 0 saturated carbocycles. The summed E-state index contributed by atoms with van der Waals surface area (Å²) in [7, 11) is 1.53. The molecule has 2 aromatic carbocycles. The van der Waals surface area contributed by atoms with E-state index in [-0.39, 0.29) is 11.5 Å². The van der Waals surface area contributed by atoms with Crippen molar-refractivity contribution in [2.75, 3.05) is 18.2 Å².